The first-order chi connectivity index (χ1) is 28.8. The molecule has 350 valence electrons. The topological polar surface area (TPSA) is 145 Å². The second-order valence-electron chi connectivity index (χ2n) is 20.6. The van der Waals surface area contributed by atoms with Gasteiger partial charge in [0.25, 0.3) is 9.05 Å². The van der Waals surface area contributed by atoms with Gasteiger partial charge in [-0.15, -0.1) is 0 Å². The van der Waals surface area contributed by atoms with Crippen LogP contribution in [-0.4, -0.2) is 82.9 Å². The van der Waals surface area contributed by atoms with Crippen molar-refractivity contribution in [1.29, 1.82) is 0 Å². The molecule has 0 unspecified atom stereocenters. The summed E-state index contributed by atoms with van der Waals surface area (Å²) >= 11 is 0. The number of benzene rings is 2. The zero-order valence-corrected chi connectivity index (χ0v) is 40.0. The highest BCUT2D eigenvalue weighted by Crippen LogP contribution is 2.40. The van der Waals surface area contributed by atoms with E-state index in [1.807, 2.05) is 46.1 Å². The molecule has 3 heterocycles. The molecule has 7 rings (SSSR count). The van der Waals surface area contributed by atoms with Crippen LogP contribution in [0, 0.1) is 11.8 Å². The summed E-state index contributed by atoms with van der Waals surface area (Å²) in [5.41, 5.74) is 1.51. The summed E-state index contributed by atoms with van der Waals surface area (Å²) in [5, 5.41) is 2.70. The molecule has 0 spiro atoms. The molecule has 0 radical (unpaired) electrons. The van der Waals surface area contributed by atoms with Gasteiger partial charge in [0.15, 0.2) is 0 Å². The minimum atomic E-state index is -3.83. The van der Waals surface area contributed by atoms with E-state index in [0.29, 0.717) is 49.8 Å². The van der Waals surface area contributed by atoms with Crippen LogP contribution in [0.4, 0.5) is 22.4 Å². The van der Waals surface area contributed by atoms with Crippen LogP contribution in [0.2, 0.25) is 0 Å². The summed E-state index contributed by atoms with van der Waals surface area (Å²) in [5.74, 6) is -3.23. The van der Waals surface area contributed by atoms with Gasteiger partial charge in [-0.2, -0.15) is 4.31 Å². The molecule has 0 atom stereocenters. The third kappa shape index (κ3) is 11.9. The monoisotopic (exact) mass is 944 g/mol. The van der Waals surface area contributed by atoms with Crippen LogP contribution in [-0.2, 0) is 47.7 Å². The lowest BCUT2D eigenvalue weighted by atomic mass is 9.86. The molecular formula is C44H61ClF4N6O6S2. The Bertz CT molecular complexity index is 2530. The first kappa shape index (κ1) is 49.0. The smallest absolute Gasteiger partial charge is 0.407 e. The van der Waals surface area contributed by atoms with E-state index < -0.39 is 42.6 Å². The third-order valence-corrected chi connectivity index (χ3v) is 15.0. The number of alkyl halides is 4. The zero-order valence-electron chi connectivity index (χ0n) is 37.6. The quantitative estimate of drug-likeness (QED) is 0.136. The Hall–Kier alpha value is -3.48. The molecule has 1 aliphatic heterocycles. The van der Waals surface area contributed by atoms with E-state index in [9.17, 15) is 39.2 Å². The summed E-state index contributed by atoms with van der Waals surface area (Å²) in [6, 6.07) is 9.24. The van der Waals surface area contributed by atoms with E-state index in [0.717, 1.165) is 22.7 Å². The largest absolute Gasteiger partial charge is 0.444 e. The van der Waals surface area contributed by atoms with Gasteiger partial charge in [-0.1, -0.05) is 41.5 Å². The number of nitrogens with zero attached hydrogens (tertiary/aromatic N) is 5. The predicted octanol–water partition coefficient (Wildman–Crippen LogP) is 10.1. The minimum Gasteiger partial charge on any atom is -0.444 e. The third-order valence-electron chi connectivity index (χ3n) is 11.8. The molecule has 19 heteroatoms. The number of rotatable bonds is 8. The van der Waals surface area contributed by atoms with Gasteiger partial charge in [-0.3, -0.25) is 0 Å². The Labute approximate surface area is 373 Å². The maximum Gasteiger partial charge on any atom is 0.407 e. The molecule has 4 aromatic rings. The number of nitrogens with one attached hydrogen (secondary N) is 1. The predicted molar refractivity (Wildman–Crippen MR) is 236 cm³/mol. The summed E-state index contributed by atoms with van der Waals surface area (Å²) < 4.78 is 115. The van der Waals surface area contributed by atoms with Gasteiger partial charge in [-0.05, 0) is 94.7 Å². The lowest BCUT2D eigenvalue weighted by molar-refractivity contribution is -0.0478. The number of hydrogen-bond acceptors (Lipinski definition) is 8. The van der Waals surface area contributed by atoms with E-state index >= 15 is 0 Å². The molecule has 0 bridgehead atoms. The van der Waals surface area contributed by atoms with Gasteiger partial charge in [-0.25, -0.2) is 49.2 Å². The fraction of sp³-hybridized carbons (Fsp3) is 0.659. The summed E-state index contributed by atoms with van der Waals surface area (Å²) in [4.78, 5) is 21.6. The van der Waals surface area contributed by atoms with E-state index in [-0.39, 0.29) is 77.3 Å². The average molecular weight is 946 g/mol. The molecule has 1 N–H and O–H groups in total. The number of imidazole rings is 2. The molecule has 12 nitrogen and oxygen atoms in total. The molecule has 2 aliphatic carbocycles. The highest BCUT2D eigenvalue weighted by Gasteiger charge is 2.40. The van der Waals surface area contributed by atoms with Crippen LogP contribution in [0.15, 0.2) is 46.2 Å². The molecule has 1 amide bonds. The van der Waals surface area contributed by atoms with Gasteiger partial charge < -0.3 is 19.2 Å². The fourth-order valence-corrected chi connectivity index (χ4v) is 10.8. The standard InChI is InChI=1S/C26H38F2N4O4S.C18H23ClF2N2O2S/c1-24(2,3)22-30-20-13-19(7-8-21(20)32(22)14-17-9-11-26(27,28)12-10-17)37(34,35)31-15-18(16-31)29-23(33)36-25(4,5)6;1-17(2,3)16-22-14-10-13(26(19,24)25)4-5-15(14)23(16)11-12-6-8-18(20,21)9-7-12/h7-8,13,17-18H,9-12,14-16H2,1-6H3,(H,29,33);4-5,10,12H,6-9,11H2,1-3H3. The molecule has 1 saturated heterocycles. The Balaban J connectivity index is 0.000000223. The zero-order chi connectivity index (χ0) is 46.7. The normalized spacial score (nSPS) is 19.7. The SMILES string of the molecule is CC(C)(C)OC(=O)NC1CN(S(=O)(=O)c2ccc3c(c2)nc(C(C)(C)C)n3CC2CCC(F)(F)CC2)C1.CC(C)(C)c1nc2cc(S(=O)(=O)Cl)ccc2n1CC1CCC(F)(F)CC1. The highest BCUT2D eigenvalue weighted by molar-refractivity contribution is 8.13. The van der Waals surface area contributed by atoms with Crippen LogP contribution in [0.1, 0.15) is 125 Å². The summed E-state index contributed by atoms with van der Waals surface area (Å²) in [6.07, 6.45) is 0.932. The first-order valence-electron chi connectivity index (χ1n) is 21.5. The highest BCUT2D eigenvalue weighted by atomic mass is 35.7. The molecule has 63 heavy (non-hydrogen) atoms. The first-order valence-corrected chi connectivity index (χ1v) is 25.3. The van der Waals surface area contributed by atoms with Crippen molar-refractivity contribution < 1.29 is 43.9 Å². The van der Waals surface area contributed by atoms with Crippen molar-refractivity contribution in [2.75, 3.05) is 13.1 Å². The Morgan fingerprint density at radius 1 is 0.714 bits per heavy atom. The number of carbonyl (C=O) groups is 1. The number of sulfonamides is 1. The number of halogens is 5. The molecule has 2 aromatic heterocycles. The molecule has 3 aliphatic rings. The van der Waals surface area contributed by atoms with Crippen molar-refractivity contribution in [3.8, 4) is 0 Å². The summed E-state index contributed by atoms with van der Waals surface area (Å²) in [6.45, 7) is 19.0. The molecule has 2 aromatic carbocycles. The van der Waals surface area contributed by atoms with Crippen molar-refractivity contribution >= 4 is 57.9 Å². The van der Waals surface area contributed by atoms with Crippen molar-refractivity contribution in [3.63, 3.8) is 0 Å². The van der Waals surface area contributed by atoms with E-state index in [4.69, 9.17) is 20.4 Å². The Morgan fingerprint density at radius 3 is 1.49 bits per heavy atom. The van der Waals surface area contributed by atoms with Crippen LogP contribution < -0.4 is 5.32 Å². The number of alkyl carbamates (subject to hydrolysis) is 1. The second kappa shape index (κ2) is 17.4. The van der Waals surface area contributed by atoms with Gasteiger partial charge in [0.1, 0.15) is 17.2 Å². The van der Waals surface area contributed by atoms with Crippen LogP contribution in [0.3, 0.4) is 0 Å². The lowest BCUT2D eigenvalue weighted by Crippen LogP contribution is -2.61. The van der Waals surface area contributed by atoms with Crippen LogP contribution in [0.5, 0.6) is 0 Å². The van der Waals surface area contributed by atoms with Crippen molar-refractivity contribution in [3.05, 3.63) is 48.0 Å². The van der Waals surface area contributed by atoms with Crippen LogP contribution >= 0.6 is 10.7 Å². The van der Waals surface area contributed by atoms with Gasteiger partial charge in [0, 0.05) is 73.4 Å². The van der Waals surface area contributed by atoms with Crippen molar-refractivity contribution in [2.24, 2.45) is 11.8 Å². The molecule has 2 saturated carbocycles. The number of aromatic nitrogens is 4. The Kier molecular flexibility index (Phi) is 13.5. The van der Waals surface area contributed by atoms with Gasteiger partial charge in [0.2, 0.25) is 21.9 Å². The van der Waals surface area contributed by atoms with Gasteiger partial charge in [0.05, 0.1) is 37.9 Å². The van der Waals surface area contributed by atoms with E-state index in [1.54, 1.807) is 45.0 Å². The van der Waals surface area contributed by atoms with Crippen molar-refractivity contribution in [1.82, 2.24) is 28.7 Å². The second-order valence-corrected chi connectivity index (χ2v) is 25.1. The number of carbonyl (C=O) groups excluding carboxylic acids is 1. The van der Waals surface area contributed by atoms with Crippen LogP contribution in [0.25, 0.3) is 22.1 Å². The lowest BCUT2D eigenvalue weighted by Gasteiger charge is -2.38. The summed E-state index contributed by atoms with van der Waals surface area (Å²) in [7, 11) is -2.16. The Morgan fingerprint density at radius 2 is 1.11 bits per heavy atom. The van der Waals surface area contributed by atoms with Crippen molar-refractivity contribution in [2.45, 2.75) is 171 Å². The fourth-order valence-electron chi connectivity index (χ4n) is 8.48. The van der Waals surface area contributed by atoms with E-state index in [1.165, 1.54) is 16.4 Å². The molecule has 3 fully saturated rings. The number of hydrogen-bond donors (Lipinski definition) is 1. The maximum absolute atomic E-state index is 13.7. The van der Waals surface area contributed by atoms with Gasteiger partial charge >= 0.3 is 6.09 Å². The van der Waals surface area contributed by atoms with E-state index in [2.05, 4.69) is 14.9 Å². The maximum atomic E-state index is 13.7. The number of amides is 1. The average Bonchev–Trinajstić information content (AvgIpc) is 3.68. The molecular weight excluding hydrogens is 884 g/mol. The number of ether oxygens (including phenoxy) is 1. The number of fused-ring (bicyclic) bond motifs is 2. The minimum absolute atomic E-state index is 0.00841.